The molecule has 0 fully saturated rings. The lowest BCUT2D eigenvalue weighted by Crippen LogP contribution is -2.16. The van der Waals surface area contributed by atoms with Gasteiger partial charge in [-0.2, -0.15) is 5.10 Å². The molecule has 0 saturated heterocycles. The summed E-state index contributed by atoms with van der Waals surface area (Å²) in [5.41, 5.74) is 1.91. The summed E-state index contributed by atoms with van der Waals surface area (Å²) in [6.45, 7) is 0. The first-order chi connectivity index (χ1) is 9.83. The third-order valence-electron chi connectivity index (χ3n) is 2.57. The van der Waals surface area contributed by atoms with Crippen LogP contribution in [0.2, 0.25) is 0 Å². The molecule has 0 saturated carbocycles. The first kappa shape index (κ1) is 14.7. The van der Waals surface area contributed by atoms with Gasteiger partial charge in [-0.05, 0) is 12.1 Å². The molecule has 0 spiro atoms. The highest BCUT2D eigenvalue weighted by Gasteiger charge is 2.26. The van der Waals surface area contributed by atoms with Crippen molar-refractivity contribution in [2.45, 2.75) is 4.90 Å². The molecule has 4 N–H and O–H groups in total. The Hall–Kier alpha value is -2.66. The fourth-order valence-corrected chi connectivity index (χ4v) is 2.83. The van der Waals surface area contributed by atoms with Gasteiger partial charge in [-0.3, -0.25) is 25.4 Å². The minimum atomic E-state index is -4.17. The number of nitro benzene ring substituents is 1. The van der Waals surface area contributed by atoms with Crippen molar-refractivity contribution in [2.24, 2.45) is 12.9 Å². The molecular weight excluding hydrogens is 300 g/mol. The van der Waals surface area contributed by atoms with Gasteiger partial charge in [0.15, 0.2) is 10.7 Å². The maximum Gasteiger partial charge on any atom is 0.290 e. The van der Waals surface area contributed by atoms with E-state index in [1.807, 2.05) is 0 Å². The zero-order valence-electron chi connectivity index (χ0n) is 10.8. The molecule has 0 aliphatic heterocycles. The number of aromatic nitrogens is 2. The lowest BCUT2D eigenvalue weighted by Gasteiger charge is -2.08. The molecular formula is C10H12N6O4S. The predicted molar refractivity (Wildman–Crippen MR) is 74.9 cm³/mol. The number of hydrazine groups is 1. The number of anilines is 2. The van der Waals surface area contributed by atoms with Crippen LogP contribution in [0.5, 0.6) is 0 Å². The number of hydrogen-bond donors (Lipinski definition) is 3. The highest BCUT2D eigenvalue weighted by molar-refractivity contribution is 7.92. The zero-order valence-corrected chi connectivity index (χ0v) is 11.7. The molecule has 1 aromatic carbocycles. The fourth-order valence-electron chi connectivity index (χ4n) is 1.63. The Bertz CT molecular complexity index is 785. The number of aryl methyl sites for hydroxylation is 1. The van der Waals surface area contributed by atoms with Crippen LogP contribution in [-0.2, 0) is 17.1 Å². The summed E-state index contributed by atoms with van der Waals surface area (Å²) in [5, 5.41) is 14.8. The molecule has 0 bridgehead atoms. The number of nitrogens with one attached hydrogen (secondary N) is 2. The molecule has 0 amide bonds. The lowest BCUT2D eigenvalue weighted by atomic mass is 10.3. The van der Waals surface area contributed by atoms with Crippen LogP contribution in [0.15, 0.2) is 35.4 Å². The van der Waals surface area contributed by atoms with E-state index in [4.69, 9.17) is 5.84 Å². The number of nitro groups is 1. The summed E-state index contributed by atoms with van der Waals surface area (Å²) < 4.78 is 28.1. The minimum absolute atomic E-state index is 0.0536. The van der Waals surface area contributed by atoms with E-state index in [0.29, 0.717) is 0 Å². The highest BCUT2D eigenvalue weighted by Crippen LogP contribution is 2.28. The normalized spacial score (nSPS) is 11.1. The zero-order chi connectivity index (χ0) is 15.6. The number of benzene rings is 1. The van der Waals surface area contributed by atoms with Gasteiger partial charge in [0.05, 0.1) is 10.6 Å². The van der Waals surface area contributed by atoms with Gasteiger partial charge >= 0.3 is 0 Å². The lowest BCUT2D eigenvalue weighted by molar-refractivity contribution is -0.387. The van der Waals surface area contributed by atoms with Crippen molar-refractivity contribution in [3.8, 4) is 0 Å². The van der Waals surface area contributed by atoms with Crippen LogP contribution in [0.4, 0.5) is 17.2 Å². The molecule has 1 heterocycles. The van der Waals surface area contributed by atoms with E-state index in [9.17, 15) is 18.5 Å². The molecule has 11 heteroatoms. The second kappa shape index (κ2) is 5.38. The Morgan fingerprint density at radius 3 is 2.62 bits per heavy atom. The average Bonchev–Trinajstić information content (AvgIpc) is 2.82. The van der Waals surface area contributed by atoms with Crippen LogP contribution in [-0.4, -0.2) is 23.1 Å². The first-order valence-corrected chi connectivity index (χ1v) is 7.09. The van der Waals surface area contributed by atoms with Crippen LogP contribution < -0.4 is 16.0 Å². The van der Waals surface area contributed by atoms with Crippen LogP contribution in [0.25, 0.3) is 0 Å². The molecule has 0 radical (unpaired) electrons. The molecule has 0 aliphatic rings. The highest BCUT2D eigenvalue weighted by atomic mass is 32.2. The van der Waals surface area contributed by atoms with Crippen molar-refractivity contribution < 1.29 is 13.3 Å². The molecule has 0 aliphatic carbocycles. The SMILES string of the molecule is Cn1ccc(NS(=O)(=O)c2cc(NN)ccc2[N+](=O)[O-])n1. The van der Waals surface area contributed by atoms with Gasteiger partial charge in [-0.1, -0.05) is 0 Å². The van der Waals surface area contributed by atoms with E-state index < -0.39 is 25.5 Å². The fraction of sp³-hybridized carbons (Fsp3) is 0.100. The Balaban J connectivity index is 2.49. The summed E-state index contributed by atoms with van der Waals surface area (Å²) in [4.78, 5) is 9.68. The van der Waals surface area contributed by atoms with Gasteiger partial charge in [0.1, 0.15) is 0 Å². The van der Waals surface area contributed by atoms with Gasteiger partial charge in [0.2, 0.25) is 0 Å². The van der Waals surface area contributed by atoms with Crippen molar-refractivity contribution in [1.29, 1.82) is 0 Å². The number of nitrogen functional groups attached to an aromatic ring is 1. The molecule has 2 aromatic rings. The third-order valence-corrected chi connectivity index (χ3v) is 3.95. The topological polar surface area (TPSA) is 145 Å². The Morgan fingerprint density at radius 2 is 2.10 bits per heavy atom. The number of nitrogens with two attached hydrogens (primary N) is 1. The molecule has 2 rings (SSSR count). The number of hydrogen-bond acceptors (Lipinski definition) is 7. The van der Waals surface area contributed by atoms with Crippen LogP contribution in [0.1, 0.15) is 0 Å². The molecule has 112 valence electrons. The van der Waals surface area contributed by atoms with Crippen molar-refractivity contribution in [3.05, 3.63) is 40.6 Å². The maximum atomic E-state index is 12.3. The maximum absolute atomic E-state index is 12.3. The summed E-state index contributed by atoms with van der Waals surface area (Å²) in [5.74, 6) is 5.25. The largest absolute Gasteiger partial charge is 0.324 e. The van der Waals surface area contributed by atoms with E-state index >= 15 is 0 Å². The van der Waals surface area contributed by atoms with Crippen molar-refractivity contribution >= 4 is 27.2 Å². The van der Waals surface area contributed by atoms with Gasteiger partial charge in [-0.15, -0.1) is 0 Å². The first-order valence-electron chi connectivity index (χ1n) is 5.61. The molecule has 10 nitrogen and oxygen atoms in total. The summed E-state index contributed by atoms with van der Waals surface area (Å²) in [6.07, 6.45) is 1.53. The number of nitrogens with zero attached hydrogens (tertiary/aromatic N) is 3. The summed E-state index contributed by atoms with van der Waals surface area (Å²) in [7, 11) is -2.56. The van der Waals surface area contributed by atoms with Crippen LogP contribution >= 0.6 is 0 Å². The van der Waals surface area contributed by atoms with E-state index in [1.165, 1.54) is 23.0 Å². The van der Waals surface area contributed by atoms with E-state index in [1.54, 1.807) is 7.05 Å². The minimum Gasteiger partial charge on any atom is -0.324 e. The average molecular weight is 312 g/mol. The molecule has 1 aromatic heterocycles. The Labute approximate surface area is 119 Å². The van der Waals surface area contributed by atoms with Gasteiger partial charge in [-0.25, -0.2) is 8.42 Å². The van der Waals surface area contributed by atoms with E-state index in [-0.39, 0.29) is 11.5 Å². The smallest absolute Gasteiger partial charge is 0.290 e. The Morgan fingerprint density at radius 1 is 1.38 bits per heavy atom. The second-order valence-corrected chi connectivity index (χ2v) is 5.71. The van der Waals surface area contributed by atoms with Crippen molar-refractivity contribution in [3.63, 3.8) is 0 Å². The second-order valence-electron chi connectivity index (χ2n) is 4.06. The van der Waals surface area contributed by atoms with Crippen LogP contribution in [0.3, 0.4) is 0 Å². The number of sulfonamides is 1. The molecule has 0 unspecified atom stereocenters. The molecule has 0 atom stereocenters. The summed E-state index contributed by atoms with van der Waals surface area (Å²) in [6, 6.07) is 4.86. The molecule has 21 heavy (non-hydrogen) atoms. The number of rotatable bonds is 5. The summed E-state index contributed by atoms with van der Waals surface area (Å²) >= 11 is 0. The monoisotopic (exact) mass is 312 g/mol. The van der Waals surface area contributed by atoms with Crippen LogP contribution in [0, 0.1) is 10.1 Å². The standard InChI is InChI=1S/C10H12N6O4S/c1-15-5-4-10(13-15)14-21(19,20)9-6-7(12-11)2-3-8(9)16(17)18/h2-6,12H,11H2,1H3,(H,13,14). The van der Waals surface area contributed by atoms with Crippen molar-refractivity contribution in [2.75, 3.05) is 10.1 Å². The predicted octanol–water partition coefficient (Wildman–Crippen LogP) is 0.415. The third kappa shape index (κ3) is 3.09. The van der Waals surface area contributed by atoms with E-state index in [2.05, 4.69) is 15.2 Å². The van der Waals surface area contributed by atoms with Gasteiger partial charge < -0.3 is 5.43 Å². The van der Waals surface area contributed by atoms with E-state index in [0.717, 1.165) is 12.1 Å². The van der Waals surface area contributed by atoms with Gasteiger partial charge in [0.25, 0.3) is 15.7 Å². The van der Waals surface area contributed by atoms with Crippen molar-refractivity contribution in [1.82, 2.24) is 9.78 Å². The van der Waals surface area contributed by atoms with Gasteiger partial charge in [0, 0.05) is 25.4 Å². The quantitative estimate of drug-likeness (QED) is 0.412. The Kier molecular flexibility index (Phi) is 3.78.